The number of aromatic nitrogens is 1. The van der Waals surface area contributed by atoms with Gasteiger partial charge in [0.25, 0.3) is 5.92 Å². The number of halogens is 3. The average Bonchev–Trinajstić information content (AvgIpc) is 2.60. The van der Waals surface area contributed by atoms with Crippen molar-refractivity contribution in [2.75, 3.05) is 13.7 Å². The normalized spacial score (nSPS) is 12.9. The molecule has 1 aromatic heterocycles. The minimum absolute atomic E-state index is 0.0247. The van der Waals surface area contributed by atoms with E-state index in [1.54, 1.807) is 24.4 Å². The van der Waals surface area contributed by atoms with Crippen molar-refractivity contribution in [1.82, 2.24) is 9.88 Å². The summed E-state index contributed by atoms with van der Waals surface area (Å²) in [5.41, 5.74) is 3.20. The van der Waals surface area contributed by atoms with Gasteiger partial charge in [0.05, 0.1) is 5.02 Å². The minimum Gasteiger partial charge on any atom is -0.486 e. The molecule has 0 saturated carbocycles. The number of alkyl halides is 2. The van der Waals surface area contributed by atoms with E-state index in [1.165, 1.54) is 0 Å². The Labute approximate surface area is 163 Å². The molecule has 2 rings (SSSR count). The van der Waals surface area contributed by atoms with Gasteiger partial charge in [-0.2, -0.15) is 0 Å². The quantitative estimate of drug-likeness (QED) is 0.583. The molecule has 0 aliphatic heterocycles. The maximum atomic E-state index is 12.9. The fourth-order valence-corrected chi connectivity index (χ4v) is 2.90. The Morgan fingerprint density at radius 2 is 2.07 bits per heavy atom. The van der Waals surface area contributed by atoms with E-state index in [0.717, 1.165) is 29.9 Å². The fourth-order valence-electron chi connectivity index (χ4n) is 2.66. The third-order valence-corrected chi connectivity index (χ3v) is 4.72. The molecule has 27 heavy (non-hydrogen) atoms. The van der Waals surface area contributed by atoms with Crippen molar-refractivity contribution in [1.29, 1.82) is 0 Å². The Hall–Kier alpha value is -2.05. The van der Waals surface area contributed by atoms with E-state index >= 15 is 0 Å². The van der Waals surface area contributed by atoms with Gasteiger partial charge < -0.3 is 4.74 Å². The van der Waals surface area contributed by atoms with E-state index in [0.29, 0.717) is 12.2 Å². The zero-order valence-corrected chi connectivity index (χ0v) is 16.6. The molecule has 1 atom stereocenters. The largest absolute Gasteiger partial charge is 0.486 e. The SMILES string of the molecule is Cc1ccnc(C=O)c1CN(C)C(C)c1ccc(OCC(C)(F)F)c(Cl)c1. The second kappa shape index (κ2) is 8.76. The first-order valence-electron chi connectivity index (χ1n) is 8.52. The number of ether oxygens (including phenoxy) is 1. The van der Waals surface area contributed by atoms with E-state index in [-0.39, 0.29) is 16.8 Å². The molecule has 0 saturated heterocycles. The summed E-state index contributed by atoms with van der Waals surface area (Å²) in [6.07, 6.45) is 2.37. The smallest absolute Gasteiger partial charge is 0.278 e. The van der Waals surface area contributed by atoms with Crippen LogP contribution in [0.5, 0.6) is 5.75 Å². The summed E-state index contributed by atoms with van der Waals surface area (Å²) in [7, 11) is 1.93. The third-order valence-electron chi connectivity index (χ3n) is 4.42. The van der Waals surface area contributed by atoms with Crippen LogP contribution in [-0.4, -0.2) is 35.7 Å². The molecular weight excluding hydrogens is 374 g/mol. The van der Waals surface area contributed by atoms with Gasteiger partial charge in [0, 0.05) is 25.7 Å². The molecule has 4 nitrogen and oxygen atoms in total. The highest BCUT2D eigenvalue weighted by atomic mass is 35.5. The van der Waals surface area contributed by atoms with Crippen molar-refractivity contribution >= 4 is 17.9 Å². The Morgan fingerprint density at radius 3 is 2.67 bits per heavy atom. The highest BCUT2D eigenvalue weighted by molar-refractivity contribution is 6.32. The number of aldehydes is 1. The molecule has 0 aliphatic rings. The molecule has 0 N–H and O–H groups in total. The number of pyridine rings is 1. The summed E-state index contributed by atoms with van der Waals surface area (Å²) in [4.78, 5) is 17.4. The van der Waals surface area contributed by atoms with Gasteiger partial charge in [-0.25, -0.2) is 8.78 Å². The number of benzene rings is 1. The summed E-state index contributed by atoms with van der Waals surface area (Å²) >= 11 is 6.20. The van der Waals surface area contributed by atoms with Crippen LogP contribution in [0.15, 0.2) is 30.5 Å². The molecule has 0 spiro atoms. The standard InChI is InChI=1S/C20H23ClF2N2O2/c1-13-7-8-24-18(11-26)16(13)10-25(4)14(2)15-5-6-19(17(21)9-15)27-12-20(3,22)23/h5-9,11,14H,10,12H2,1-4H3. The topological polar surface area (TPSA) is 42.4 Å². The maximum Gasteiger partial charge on any atom is 0.278 e. The predicted octanol–water partition coefficient (Wildman–Crippen LogP) is 5.08. The second-order valence-corrected chi connectivity index (χ2v) is 7.16. The third kappa shape index (κ3) is 5.71. The van der Waals surface area contributed by atoms with Crippen LogP contribution >= 0.6 is 11.6 Å². The molecule has 2 aromatic rings. The van der Waals surface area contributed by atoms with E-state index in [9.17, 15) is 13.6 Å². The Balaban J connectivity index is 2.14. The van der Waals surface area contributed by atoms with Crippen molar-refractivity contribution in [3.63, 3.8) is 0 Å². The van der Waals surface area contributed by atoms with Crippen molar-refractivity contribution in [3.05, 3.63) is 57.9 Å². The van der Waals surface area contributed by atoms with Crippen LogP contribution in [0, 0.1) is 6.92 Å². The highest BCUT2D eigenvalue weighted by Crippen LogP contribution is 2.31. The van der Waals surface area contributed by atoms with Crippen molar-refractivity contribution in [3.8, 4) is 5.75 Å². The molecule has 0 aliphatic carbocycles. The first-order chi connectivity index (χ1) is 12.6. The zero-order chi connectivity index (χ0) is 20.2. The number of carbonyl (C=O) groups is 1. The van der Waals surface area contributed by atoms with E-state index < -0.39 is 12.5 Å². The van der Waals surface area contributed by atoms with Gasteiger partial charge >= 0.3 is 0 Å². The molecule has 0 fully saturated rings. The molecule has 0 radical (unpaired) electrons. The first kappa shape index (κ1) is 21.3. The number of hydrogen-bond donors (Lipinski definition) is 0. The number of carbonyl (C=O) groups excluding carboxylic acids is 1. The molecule has 146 valence electrons. The number of rotatable bonds is 8. The number of hydrogen-bond acceptors (Lipinski definition) is 4. The van der Waals surface area contributed by atoms with Crippen LogP contribution in [-0.2, 0) is 6.54 Å². The Kier molecular flexibility index (Phi) is 6.89. The van der Waals surface area contributed by atoms with Crippen molar-refractivity contribution in [2.45, 2.75) is 39.3 Å². The molecule has 1 unspecified atom stereocenters. The van der Waals surface area contributed by atoms with Crippen LogP contribution in [0.2, 0.25) is 5.02 Å². The molecule has 1 heterocycles. The summed E-state index contributed by atoms with van der Waals surface area (Å²) in [6, 6.07) is 6.95. The summed E-state index contributed by atoms with van der Waals surface area (Å²) in [6.45, 7) is 4.54. The Morgan fingerprint density at radius 1 is 1.37 bits per heavy atom. The number of nitrogens with zero attached hydrogens (tertiary/aromatic N) is 2. The van der Waals surface area contributed by atoms with Gasteiger partial charge in [0.2, 0.25) is 0 Å². The molecular formula is C20H23ClF2N2O2. The van der Waals surface area contributed by atoms with Gasteiger partial charge in [-0.15, -0.1) is 0 Å². The van der Waals surface area contributed by atoms with Crippen LogP contribution < -0.4 is 4.74 Å². The lowest BCUT2D eigenvalue weighted by Crippen LogP contribution is -2.23. The summed E-state index contributed by atoms with van der Waals surface area (Å²) in [5, 5.41) is 0.281. The van der Waals surface area contributed by atoms with Crippen LogP contribution in [0.4, 0.5) is 8.78 Å². The Bertz CT molecular complexity index is 809. The maximum absolute atomic E-state index is 12.9. The molecule has 7 heteroatoms. The van der Waals surface area contributed by atoms with E-state index in [1.807, 2.05) is 27.0 Å². The molecule has 0 amide bonds. The van der Waals surface area contributed by atoms with Crippen LogP contribution in [0.25, 0.3) is 0 Å². The fraction of sp³-hybridized carbons (Fsp3) is 0.400. The van der Waals surface area contributed by atoms with Gasteiger partial charge in [0.1, 0.15) is 11.4 Å². The highest BCUT2D eigenvalue weighted by Gasteiger charge is 2.23. The molecule has 1 aromatic carbocycles. The van der Waals surface area contributed by atoms with Gasteiger partial charge in [-0.05, 0) is 55.8 Å². The lowest BCUT2D eigenvalue weighted by atomic mass is 10.0. The van der Waals surface area contributed by atoms with Crippen LogP contribution in [0.3, 0.4) is 0 Å². The van der Waals surface area contributed by atoms with Gasteiger partial charge in [-0.3, -0.25) is 14.7 Å². The lowest BCUT2D eigenvalue weighted by molar-refractivity contribution is -0.0229. The second-order valence-electron chi connectivity index (χ2n) is 6.75. The van der Waals surface area contributed by atoms with Gasteiger partial charge in [-0.1, -0.05) is 17.7 Å². The first-order valence-corrected chi connectivity index (χ1v) is 8.90. The minimum atomic E-state index is -2.92. The van der Waals surface area contributed by atoms with E-state index in [2.05, 4.69) is 9.88 Å². The van der Waals surface area contributed by atoms with Crippen molar-refractivity contribution < 1.29 is 18.3 Å². The monoisotopic (exact) mass is 396 g/mol. The summed E-state index contributed by atoms with van der Waals surface area (Å²) in [5.74, 6) is -2.70. The van der Waals surface area contributed by atoms with Gasteiger partial charge in [0.15, 0.2) is 12.9 Å². The zero-order valence-electron chi connectivity index (χ0n) is 15.8. The van der Waals surface area contributed by atoms with Crippen molar-refractivity contribution in [2.24, 2.45) is 0 Å². The summed E-state index contributed by atoms with van der Waals surface area (Å²) < 4.78 is 31.0. The van der Waals surface area contributed by atoms with Crippen LogP contribution in [0.1, 0.15) is 47.1 Å². The lowest BCUT2D eigenvalue weighted by Gasteiger charge is -2.26. The average molecular weight is 397 g/mol. The number of aryl methyl sites for hydroxylation is 1. The predicted molar refractivity (Wildman–Crippen MR) is 102 cm³/mol. The van der Waals surface area contributed by atoms with E-state index in [4.69, 9.17) is 16.3 Å². The molecule has 0 bridgehead atoms.